The molecular weight excluding hydrogens is 378 g/mol. The number of nitrogens with zero attached hydrogens (tertiary/aromatic N) is 5. The maximum Gasteiger partial charge on any atom is 0.257 e. The van der Waals surface area contributed by atoms with Crippen LogP contribution in [0.4, 0.5) is 0 Å². The molecule has 1 amide bonds. The minimum Gasteiger partial charge on any atom is -0.338 e. The van der Waals surface area contributed by atoms with Crippen molar-refractivity contribution in [1.82, 2.24) is 24.2 Å². The smallest absolute Gasteiger partial charge is 0.257 e. The van der Waals surface area contributed by atoms with E-state index in [1.54, 1.807) is 16.9 Å². The summed E-state index contributed by atoms with van der Waals surface area (Å²) in [6, 6.07) is 9.47. The lowest BCUT2D eigenvalue weighted by Crippen LogP contribution is -2.49. The van der Waals surface area contributed by atoms with Crippen LogP contribution in [0.5, 0.6) is 0 Å². The molecule has 5 rings (SSSR count). The van der Waals surface area contributed by atoms with Gasteiger partial charge < -0.3 is 9.47 Å². The molecule has 154 valence electrons. The number of rotatable bonds is 3. The quantitative estimate of drug-likeness (QED) is 0.674. The molecule has 2 aliphatic heterocycles. The fourth-order valence-electron chi connectivity index (χ4n) is 4.87. The van der Waals surface area contributed by atoms with Gasteiger partial charge in [-0.15, -0.1) is 0 Å². The Morgan fingerprint density at radius 1 is 1.20 bits per heavy atom. The molecule has 2 aliphatic rings. The van der Waals surface area contributed by atoms with E-state index < -0.39 is 0 Å². The summed E-state index contributed by atoms with van der Waals surface area (Å²) in [5.74, 6) is 0.484. The number of carbonyl (C=O) groups is 1. The summed E-state index contributed by atoms with van der Waals surface area (Å²) in [6.07, 6.45) is 4.59. The second-order valence-electron chi connectivity index (χ2n) is 8.33. The Balaban J connectivity index is 1.48. The van der Waals surface area contributed by atoms with Crippen LogP contribution in [0, 0.1) is 12.8 Å². The monoisotopic (exact) mass is 403 g/mol. The molecule has 0 aromatic carbocycles. The number of amides is 1. The molecule has 30 heavy (non-hydrogen) atoms. The highest BCUT2D eigenvalue weighted by molar-refractivity contribution is 5.95. The van der Waals surface area contributed by atoms with Gasteiger partial charge in [-0.05, 0) is 44.4 Å². The number of carbonyl (C=O) groups excluding carboxylic acids is 1. The van der Waals surface area contributed by atoms with Crippen molar-refractivity contribution in [2.24, 2.45) is 5.92 Å². The minimum atomic E-state index is 0.0164. The molecule has 0 spiro atoms. The van der Waals surface area contributed by atoms with E-state index in [-0.39, 0.29) is 17.4 Å². The van der Waals surface area contributed by atoms with Gasteiger partial charge in [0.1, 0.15) is 0 Å². The predicted molar refractivity (Wildman–Crippen MR) is 113 cm³/mol. The number of hydrogen-bond donors (Lipinski definition) is 0. The molecule has 0 radical (unpaired) electrons. The lowest BCUT2D eigenvalue weighted by molar-refractivity contribution is 0.0594. The van der Waals surface area contributed by atoms with Gasteiger partial charge in [0, 0.05) is 61.8 Å². The Morgan fingerprint density at radius 3 is 2.80 bits per heavy atom. The van der Waals surface area contributed by atoms with Gasteiger partial charge in [-0.2, -0.15) is 5.10 Å². The Bertz CT molecular complexity index is 1160. The first-order valence-corrected chi connectivity index (χ1v) is 10.5. The molecule has 7 heteroatoms. The summed E-state index contributed by atoms with van der Waals surface area (Å²) < 4.78 is 3.70. The van der Waals surface area contributed by atoms with Gasteiger partial charge in [0.25, 0.3) is 11.5 Å². The molecule has 0 saturated carbocycles. The second-order valence-corrected chi connectivity index (χ2v) is 8.33. The van der Waals surface area contributed by atoms with Gasteiger partial charge in [-0.1, -0.05) is 6.07 Å². The molecule has 5 heterocycles. The highest BCUT2D eigenvalue weighted by Crippen LogP contribution is 2.37. The van der Waals surface area contributed by atoms with Crippen LogP contribution in [0.25, 0.3) is 11.3 Å². The first-order chi connectivity index (χ1) is 14.5. The SMILES string of the molecule is CCn1cc(C(=O)N2C[C@@H]3C[C@H](C2)c2cc(-c4ccccn4)cc(=O)n2C3)c(C)n1. The van der Waals surface area contributed by atoms with Gasteiger partial charge in [-0.3, -0.25) is 19.3 Å². The molecule has 7 nitrogen and oxygen atoms in total. The summed E-state index contributed by atoms with van der Waals surface area (Å²) in [6.45, 7) is 6.60. The zero-order valence-corrected chi connectivity index (χ0v) is 17.3. The first kappa shape index (κ1) is 18.8. The highest BCUT2D eigenvalue weighted by Gasteiger charge is 2.37. The number of aromatic nitrogens is 4. The van der Waals surface area contributed by atoms with Crippen LogP contribution in [0.3, 0.4) is 0 Å². The maximum absolute atomic E-state index is 13.2. The normalized spacial score (nSPS) is 20.1. The van der Waals surface area contributed by atoms with Crippen molar-refractivity contribution in [3.8, 4) is 11.3 Å². The number of piperidine rings is 1. The third-order valence-electron chi connectivity index (χ3n) is 6.30. The molecule has 1 saturated heterocycles. The van der Waals surface area contributed by atoms with Crippen LogP contribution in [0.15, 0.2) is 47.5 Å². The molecule has 0 N–H and O–H groups in total. The molecule has 3 aromatic heterocycles. The minimum absolute atomic E-state index is 0.0164. The Hall–Kier alpha value is -3.22. The van der Waals surface area contributed by atoms with Gasteiger partial charge in [0.15, 0.2) is 0 Å². The highest BCUT2D eigenvalue weighted by atomic mass is 16.2. The van der Waals surface area contributed by atoms with Crippen LogP contribution < -0.4 is 5.56 Å². The number of likely N-dealkylation sites (tertiary alicyclic amines) is 1. The predicted octanol–water partition coefficient (Wildman–Crippen LogP) is 2.69. The average Bonchev–Trinajstić information content (AvgIpc) is 3.15. The van der Waals surface area contributed by atoms with Gasteiger partial charge in [0.05, 0.1) is 17.0 Å². The maximum atomic E-state index is 13.2. The molecule has 2 bridgehead atoms. The van der Waals surface area contributed by atoms with Crippen LogP contribution in [0.1, 0.15) is 41.0 Å². The molecule has 3 aromatic rings. The fraction of sp³-hybridized carbons (Fsp3) is 0.391. The van der Waals surface area contributed by atoms with E-state index in [0.717, 1.165) is 35.6 Å². The number of fused-ring (bicyclic) bond motifs is 4. The Morgan fingerprint density at radius 2 is 2.07 bits per heavy atom. The Labute approximate surface area is 175 Å². The van der Waals surface area contributed by atoms with Gasteiger partial charge in [0.2, 0.25) is 0 Å². The molecule has 1 fully saturated rings. The van der Waals surface area contributed by atoms with E-state index in [0.29, 0.717) is 31.1 Å². The molecule has 0 aliphatic carbocycles. The van der Waals surface area contributed by atoms with E-state index in [1.165, 1.54) is 0 Å². The van der Waals surface area contributed by atoms with Crippen molar-refractivity contribution in [2.45, 2.75) is 39.3 Å². The topological polar surface area (TPSA) is 73.0 Å². The summed E-state index contributed by atoms with van der Waals surface area (Å²) in [7, 11) is 0. The summed E-state index contributed by atoms with van der Waals surface area (Å²) in [5.41, 5.74) is 4.11. The third kappa shape index (κ3) is 3.14. The largest absolute Gasteiger partial charge is 0.338 e. The molecule has 0 unspecified atom stereocenters. The van der Waals surface area contributed by atoms with E-state index in [2.05, 4.69) is 16.1 Å². The van der Waals surface area contributed by atoms with Crippen molar-refractivity contribution in [1.29, 1.82) is 0 Å². The van der Waals surface area contributed by atoms with Crippen LogP contribution in [-0.4, -0.2) is 43.2 Å². The van der Waals surface area contributed by atoms with Crippen molar-refractivity contribution >= 4 is 5.91 Å². The standard InChI is InChI=1S/C23H25N5O2/c1-3-27-14-19(15(2)25-27)23(30)26-11-16-8-18(13-26)21-9-17(10-22(29)28(21)12-16)20-6-4-5-7-24-20/h4-7,9-10,14,16,18H,3,8,11-13H2,1-2H3/t16-,18+/m0/s1. The summed E-state index contributed by atoms with van der Waals surface area (Å²) >= 11 is 0. The van der Waals surface area contributed by atoms with Crippen molar-refractivity contribution < 1.29 is 4.79 Å². The van der Waals surface area contributed by atoms with Crippen molar-refractivity contribution in [3.63, 3.8) is 0 Å². The Kier molecular flexibility index (Phi) is 4.53. The molecular formula is C23H25N5O2. The number of pyridine rings is 2. The van der Waals surface area contributed by atoms with Crippen LogP contribution in [0.2, 0.25) is 0 Å². The zero-order valence-electron chi connectivity index (χ0n) is 17.3. The first-order valence-electron chi connectivity index (χ1n) is 10.5. The van der Waals surface area contributed by atoms with E-state index in [9.17, 15) is 9.59 Å². The van der Waals surface area contributed by atoms with E-state index in [1.807, 2.05) is 47.7 Å². The fourth-order valence-corrected chi connectivity index (χ4v) is 4.87. The van der Waals surface area contributed by atoms with Crippen LogP contribution >= 0.6 is 0 Å². The summed E-state index contributed by atoms with van der Waals surface area (Å²) in [5, 5.41) is 4.43. The lowest BCUT2D eigenvalue weighted by Gasteiger charge is -2.42. The van der Waals surface area contributed by atoms with Gasteiger partial charge in [-0.25, -0.2) is 0 Å². The molecule has 2 atom stereocenters. The van der Waals surface area contributed by atoms with Crippen LogP contribution in [-0.2, 0) is 13.1 Å². The van der Waals surface area contributed by atoms with E-state index >= 15 is 0 Å². The van der Waals surface area contributed by atoms with Crippen molar-refractivity contribution in [3.05, 3.63) is 70.0 Å². The number of aryl methyl sites for hydroxylation is 2. The zero-order chi connectivity index (χ0) is 20.8. The van der Waals surface area contributed by atoms with Gasteiger partial charge >= 0.3 is 0 Å². The third-order valence-corrected chi connectivity index (χ3v) is 6.30. The average molecular weight is 403 g/mol. The second kappa shape index (κ2) is 7.23. The van der Waals surface area contributed by atoms with E-state index in [4.69, 9.17) is 0 Å². The summed E-state index contributed by atoms with van der Waals surface area (Å²) in [4.78, 5) is 32.4. The van der Waals surface area contributed by atoms with Crippen molar-refractivity contribution in [2.75, 3.05) is 13.1 Å². The number of hydrogen-bond acceptors (Lipinski definition) is 4. The lowest BCUT2D eigenvalue weighted by atomic mass is 9.82.